The van der Waals surface area contributed by atoms with E-state index in [9.17, 15) is 9.59 Å². The van der Waals surface area contributed by atoms with E-state index in [1.807, 2.05) is 6.92 Å². The lowest BCUT2D eigenvalue weighted by Gasteiger charge is -2.15. The second kappa shape index (κ2) is 6.52. The molecule has 0 aliphatic heterocycles. The Bertz CT molecular complexity index is 477. The molecule has 19 heavy (non-hydrogen) atoms. The van der Waals surface area contributed by atoms with E-state index in [1.165, 1.54) is 6.92 Å². The van der Waals surface area contributed by atoms with Crippen LogP contribution in [0.2, 0.25) is 0 Å². The summed E-state index contributed by atoms with van der Waals surface area (Å²) in [5.74, 6) is -0.230. The van der Waals surface area contributed by atoms with Crippen molar-refractivity contribution in [3.05, 3.63) is 22.5 Å². The lowest BCUT2D eigenvalue weighted by molar-refractivity contribution is 0.0889. The number of rotatable bonds is 6. The second-order valence-electron chi connectivity index (χ2n) is 4.72. The maximum Gasteiger partial charge on any atom is 0.268 e. The van der Waals surface area contributed by atoms with Gasteiger partial charge in [0.2, 0.25) is 0 Å². The summed E-state index contributed by atoms with van der Waals surface area (Å²) < 4.78 is 5.05. The molecule has 5 nitrogen and oxygen atoms in total. The number of nitrogens with one attached hydrogen (secondary N) is 2. The van der Waals surface area contributed by atoms with Crippen LogP contribution in [0.15, 0.2) is 0 Å². The van der Waals surface area contributed by atoms with Crippen LogP contribution < -0.4 is 5.32 Å². The van der Waals surface area contributed by atoms with Crippen LogP contribution in [0.25, 0.3) is 0 Å². The first-order valence-corrected chi connectivity index (χ1v) is 6.42. The number of H-pyrrole nitrogens is 1. The number of amides is 1. The molecule has 0 fully saturated rings. The predicted molar refractivity (Wildman–Crippen MR) is 73.7 cm³/mol. The minimum atomic E-state index is -0.197. The number of ketones is 1. The number of aromatic amines is 1. The number of Topliss-reactive ketones (excluding diaryl/α,β-unsaturated/α-hetero) is 1. The number of hydrogen-bond donors (Lipinski definition) is 2. The van der Waals surface area contributed by atoms with Crippen molar-refractivity contribution in [2.24, 2.45) is 0 Å². The van der Waals surface area contributed by atoms with Gasteiger partial charge >= 0.3 is 0 Å². The Morgan fingerprint density at radius 2 is 2.00 bits per heavy atom. The number of carbonyl (C=O) groups is 2. The normalized spacial score (nSPS) is 12.3. The first-order valence-electron chi connectivity index (χ1n) is 6.42. The highest BCUT2D eigenvalue weighted by Crippen LogP contribution is 2.18. The third-order valence-electron chi connectivity index (χ3n) is 3.21. The number of hydrogen-bond acceptors (Lipinski definition) is 3. The van der Waals surface area contributed by atoms with E-state index in [-0.39, 0.29) is 17.7 Å². The van der Waals surface area contributed by atoms with Crippen molar-refractivity contribution in [2.45, 2.75) is 40.2 Å². The standard InChI is InChI=1S/C14H22N2O3/c1-6-11(7-19-5)16-14(18)13-8(2)12(10(4)17)9(3)15-13/h11,15H,6-7H2,1-5H3,(H,16,18). The van der Waals surface area contributed by atoms with Gasteiger partial charge in [0.1, 0.15) is 5.69 Å². The van der Waals surface area contributed by atoms with Crippen LogP contribution >= 0.6 is 0 Å². The molecule has 0 aliphatic carbocycles. The zero-order chi connectivity index (χ0) is 14.6. The Balaban J connectivity index is 2.95. The van der Waals surface area contributed by atoms with Crippen LogP contribution in [-0.2, 0) is 4.74 Å². The van der Waals surface area contributed by atoms with Crippen molar-refractivity contribution in [1.82, 2.24) is 10.3 Å². The summed E-state index contributed by atoms with van der Waals surface area (Å²) in [6.45, 7) is 7.54. The molecular weight excluding hydrogens is 244 g/mol. The van der Waals surface area contributed by atoms with Gasteiger partial charge < -0.3 is 15.0 Å². The molecule has 0 aliphatic rings. The summed E-state index contributed by atoms with van der Waals surface area (Å²) >= 11 is 0. The fraction of sp³-hybridized carbons (Fsp3) is 0.571. The summed E-state index contributed by atoms with van der Waals surface area (Å²) in [6.07, 6.45) is 0.790. The highest BCUT2D eigenvalue weighted by Gasteiger charge is 2.21. The van der Waals surface area contributed by atoms with E-state index in [0.29, 0.717) is 23.4 Å². The molecule has 1 unspecified atom stereocenters. The summed E-state index contributed by atoms with van der Waals surface area (Å²) in [5, 5.41) is 2.90. The highest BCUT2D eigenvalue weighted by molar-refractivity contribution is 6.02. The third-order valence-corrected chi connectivity index (χ3v) is 3.21. The molecule has 0 aromatic carbocycles. The zero-order valence-electron chi connectivity index (χ0n) is 12.2. The molecule has 5 heteroatoms. The number of carbonyl (C=O) groups excluding carboxylic acids is 2. The first kappa shape index (κ1) is 15.4. The van der Waals surface area contributed by atoms with Crippen molar-refractivity contribution < 1.29 is 14.3 Å². The van der Waals surface area contributed by atoms with Gasteiger partial charge in [0.05, 0.1) is 12.6 Å². The van der Waals surface area contributed by atoms with Gasteiger partial charge in [0.25, 0.3) is 5.91 Å². The van der Waals surface area contributed by atoms with E-state index >= 15 is 0 Å². The molecule has 1 amide bonds. The van der Waals surface area contributed by atoms with Crippen molar-refractivity contribution in [3.63, 3.8) is 0 Å². The first-order chi connectivity index (χ1) is 8.92. The second-order valence-corrected chi connectivity index (χ2v) is 4.72. The molecule has 2 N–H and O–H groups in total. The average Bonchev–Trinajstić information content (AvgIpc) is 2.64. The van der Waals surface area contributed by atoms with Crippen LogP contribution in [0, 0.1) is 13.8 Å². The Morgan fingerprint density at radius 1 is 1.37 bits per heavy atom. The smallest absolute Gasteiger partial charge is 0.268 e. The summed E-state index contributed by atoms with van der Waals surface area (Å²) in [7, 11) is 1.60. The molecule has 1 rings (SSSR count). The molecule has 1 atom stereocenters. The molecule has 0 saturated heterocycles. The molecule has 1 heterocycles. The van der Waals surface area contributed by atoms with Crippen LogP contribution in [0.3, 0.4) is 0 Å². The van der Waals surface area contributed by atoms with Gasteiger partial charge in [-0.1, -0.05) is 6.92 Å². The van der Waals surface area contributed by atoms with Crippen LogP contribution in [0.1, 0.15) is 52.4 Å². The van der Waals surface area contributed by atoms with Crippen molar-refractivity contribution in [3.8, 4) is 0 Å². The van der Waals surface area contributed by atoms with E-state index in [4.69, 9.17) is 4.74 Å². The zero-order valence-corrected chi connectivity index (χ0v) is 12.2. The summed E-state index contributed by atoms with van der Waals surface area (Å²) in [4.78, 5) is 26.7. The van der Waals surface area contributed by atoms with E-state index < -0.39 is 0 Å². The fourth-order valence-corrected chi connectivity index (χ4v) is 2.23. The average molecular weight is 266 g/mol. The van der Waals surface area contributed by atoms with Gasteiger partial charge in [-0.05, 0) is 32.8 Å². The summed E-state index contributed by atoms with van der Waals surface area (Å²) in [6, 6.07) is -0.0266. The van der Waals surface area contributed by atoms with Crippen molar-refractivity contribution >= 4 is 11.7 Å². The highest BCUT2D eigenvalue weighted by atomic mass is 16.5. The fourth-order valence-electron chi connectivity index (χ4n) is 2.23. The molecular formula is C14H22N2O3. The number of methoxy groups -OCH3 is 1. The molecule has 0 radical (unpaired) electrons. The number of aryl methyl sites for hydroxylation is 1. The van der Waals surface area contributed by atoms with Gasteiger partial charge in [0, 0.05) is 18.4 Å². The quantitative estimate of drug-likeness (QED) is 0.773. The van der Waals surface area contributed by atoms with E-state index in [0.717, 1.165) is 12.1 Å². The van der Waals surface area contributed by atoms with Crippen LogP contribution in [-0.4, -0.2) is 36.4 Å². The Hall–Kier alpha value is -1.62. The van der Waals surface area contributed by atoms with Gasteiger partial charge in [0.15, 0.2) is 5.78 Å². The topological polar surface area (TPSA) is 71.2 Å². The molecule has 1 aromatic rings. The lowest BCUT2D eigenvalue weighted by atomic mass is 10.1. The van der Waals surface area contributed by atoms with Crippen molar-refractivity contribution in [2.75, 3.05) is 13.7 Å². The molecule has 0 bridgehead atoms. The van der Waals surface area contributed by atoms with Crippen molar-refractivity contribution in [1.29, 1.82) is 0 Å². The predicted octanol–water partition coefficient (Wildman–Crippen LogP) is 1.99. The minimum Gasteiger partial charge on any atom is -0.383 e. The Morgan fingerprint density at radius 3 is 2.42 bits per heavy atom. The van der Waals surface area contributed by atoms with Crippen LogP contribution in [0.4, 0.5) is 0 Å². The molecule has 1 aromatic heterocycles. The number of ether oxygens (including phenoxy) is 1. The monoisotopic (exact) mass is 266 g/mol. The minimum absolute atomic E-state index is 0.0266. The molecule has 106 valence electrons. The van der Waals surface area contributed by atoms with E-state index in [2.05, 4.69) is 10.3 Å². The Labute approximate surface area is 113 Å². The third kappa shape index (κ3) is 3.44. The van der Waals surface area contributed by atoms with E-state index in [1.54, 1.807) is 21.0 Å². The van der Waals surface area contributed by atoms with Gasteiger partial charge in [-0.2, -0.15) is 0 Å². The van der Waals surface area contributed by atoms with Gasteiger partial charge in [-0.25, -0.2) is 0 Å². The van der Waals surface area contributed by atoms with Crippen LogP contribution in [0.5, 0.6) is 0 Å². The maximum atomic E-state index is 12.2. The van der Waals surface area contributed by atoms with Gasteiger partial charge in [-0.3, -0.25) is 9.59 Å². The molecule has 0 spiro atoms. The lowest BCUT2D eigenvalue weighted by Crippen LogP contribution is -2.38. The maximum absolute atomic E-state index is 12.2. The number of aromatic nitrogens is 1. The van der Waals surface area contributed by atoms with Gasteiger partial charge in [-0.15, -0.1) is 0 Å². The molecule has 0 saturated carbocycles. The summed E-state index contributed by atoms with van der Waals surface area (Å²) in [5.41, 5.74) is 2.49. The largest absolute Gasteiger partial charge is 0.383 e. The SMILES string of the molecule is CCC(COC)NC(=O)c1[nH]c(C)c(C(C)=O)c1C. The Kier molecular flexibility index (Phi) is 5.30.